The van der Waals surface area contributed by atoms with Crippen LogP contribution < -0.4 is 5.32 Å². The molecule has 0 bridgehead atoms. The topological polar surface area (TPSA) is 73.0 Å². The fourth-order valence-corrected chi connectivity index (χ4v) is 3.54. The first-order valence-electron chi connectivity index (χ1n) is 8.99. The van der Waals surface area contributed by atoms with Gasteiger partial charge in [-0.25, -0.2) is 8.78 Å². The zero-order chi connectivity index (χ0) is 20.9. The van der Waals surface area contributed by atoms with Crippen molar-refractivity contribution in [1.82, 2.24) is 14.8 Å². The van der Waals surface area contributed by atoms with E-state index in [1.54, 1.807) is 18.4 Å². The number of anilines is 1. The number of thioether (sulfide) groups is 1. The summed E-state index contributed by atoms with van der Waals surface area (Å²) in [5.41, 5.74) is 0.820. The molecule has 4 aromatic rings. The van der Waals surface area contributed by atoms with Crippen molar-refractivity contribution in [2.24, 2.45) is 0 Å². The first kappa shape index (κ1) is 19.8. The SMILES string of the molecule is O=C(CSc1nnc(-c2ccco2)n1Cc1ccccc1)Nc1cc(F)ccc1F. The number of halogens is 2. The summed E-state index contributed by atoms with van der Waals surface area (Å²) in [5, 5.41) is 11.3. The van der Waals surface area contributed by atoms with Crippen molar-refractivity contribution >= 4 is 23.4 Å². The average Bonchev–Trinajstić information content (AvgIpc) is 3.40. The molecular weight excluding hydrogens is 410 g/mol. The maximum Gasteiger partial charge on any atom is 0.234 e. The summed E-state index contributed by atoms with van der Waals surface area (Å²) in [4.78, 5) is 12.3. The highest BCUT2D eigenvalue weighted by molar-refractivity contribution is 7.99. The number of benzene rings is 2. The van der Waals surface area contributed by atoms with Gasteiger partial charge in [0.15, 0.2) is 10.9 Å². The van der Waals surface area contributed by atoms with Crippen LogP contribution in [0.2, 0.25) is 0 Å². The molecule has 0 spiro atoms. The monoisotopic (exact) mass is 426 g/mol. The van der Waals surface area contributed by atoms with Gasteiger partial charge in [0.05, 0.1) is 24.2 Å². The molecule has 2 aromatic heterocycles. The summed E-state index contributed by atoms with van der Waals surface area (Å²) < 4.78 is 34.3. The quantitative estimate of drug-likeness (QED) is 0.438. The lowest BCUT2D eigenvalue weighted by Crippen LogP contribution is -2.16. The third-order valence-electron chi connectivity index (χ3n) is 4.18. The molecule has 1 amide bonds. The highest BCUT2D eigenvalue weighted by Crippen LogP contribution is 2.26. The van der Waals surface area contributed by atoms with Gasteiger partial charge in [-0.05, 0) is 29.8 Å². The summed E-state index contributed by atoms with van der Waals surface area (Å²) in [5.74, 6) is -0.800. The Kier molecular flexibility index (Phi) is 5.89. The number of hydrogen-bond acceptors (Lipinski definition) is 5. The van der Waals surface area contributed by atoms with Gasteiger partial charge in [0.1, 0.15) is 11.6 Å². The van der Waals surface area contributed by atoms with Crippen molar-refractivity contribution in [3.8, 4) is 11.6 Å². The summed E-state index contributed by atoms with van der Waals surface area (Å²) in [7, 11) is 0. The van der Waals surface area contributed by atoms with Gasteiger partial charge in [-0.2, -0.15) is 0 Å². The van der Waals surface area contributed by atoms with Crippen LogP contribution in [-0.4, -0.2) is 26.4 Å². The van der Waals surface area contributed by atoms with Crippen LogP contribution in [0.5, 0.6) is 0 Å². The lowest BCUT2D eigenvalue weighted by Gasteiger charge is -2.10. The molecule has 0 aliphatic rings. The minimum atomic E-state index is -0.706. The van der Waals surface area contributed by atoms with Crippen LogP contribution in [0.3, 0.4) is 0 Å². The Hall–Kier alpha value is -3.46. The minimum Gasteiger partial charge on any atom is -0.461 e. The number of nitrogens with zero attached hydrogens (tertiary/aromatic N) is 3. The number of nitrogens with one attached hydrogen (secondary N) is 1. The fourth-order valence-electron chi connectivity index (χ4n) is 2.80. The minimum absolute atomic E-state index is 0.0545. The summed E-state index contributed by atoms with van der Waals surface area (Å²) in [6, 6.07) is 16.1. The molecule has 0 radical (unpaired) electrons. The molecule has 0 saturated heterocycles. The summed E-state index contributed by atoms with van der Waals surface area (Å²) in [6.45, 7) is 0.479. The Morgan fingerprint density at radius 2 is 1.90 bits per heavy atom. The molecule has 152 valence electrons. The molecule has 0 unspecified atom stereocenters. The second-order valence-electron chi connectivity index (χ2n) is 6.32. The van der Waals surface area contributed by atoms with E-state index in [4.69, 9.17) is 4.42 Å². The van der Waals surface area contributed by atoms with Crippen LogP contribution in [-0.2, 0) is 11.3 Å². The van der Waals surface area contributed by atoms with E-state index in [2.05, 4.69) is 15.5 Å². The highest BCUT2D eigenvalue weighted by Gasteiger charge is 2.18. The van der Waals surface area contributed by atoms with Crippen LogP contribution in [0.1, 0.15) is 5.56 Å². The van der Waals surface area contributed by atoms with E-state index in [9.17, 15) is 13.6 Å². The molecule has 0 aliphatic carbocycles. The van der Waals surface area contributed by atoms with E-state index in [-0.39, 0.29) is 11.4 Å². The van der Waals surface area contributed by atoms with Crippen molar-refractivity contribution in [2.75, 3.05) is 11.1 Å². The molecule has 6 nitrogen and oxygen atoms in total. The zero-order valence-corrected chi connectivity index (χ0v) is 16.4. The number of furan rings is 1. The average molecular weight is 426 g/mol. The number of carbonyl (C=O) groups excluding carboxylic acids is 1. The number of aromatic nitrogens is 3. The van der Waals surface area contributed by atoms with Crippen LogP contribution in [0.15, 0.2) is 76.5 Å². The standard InChI is InChI=1S/C21H16F2N4O2S/c22-15-8-9-16(23)17(11-15)24-19(28)13-30-21-26-25-20(18-7-4-10-29-18)27(21)12-14-5-2-1-3-6-14/h1-11H,12-13H2,(H,24,28). The second kappa shape index (κ2) is 8.91. The second-order valence-corrected chi connectivity index (χ2v) is 7.26. The van der Waals surface area contributed by atoms with E-state index in [1.165, 1.54) is 0 Å². The third kappa shape index (κ3) is 4.57. The van der Waals surface area contributed by atoms with Gasteiger partial charge in [-0.1, -0.05) is 42.1 Å². The molecule has 2 aromatic carbocycles. The number of hydrogen-bond donors (Lipinski definition) is 1. The van der Waals surface area contributed by atoms with Crippen LogP contribution in [0.25, 0.3) is 11.6 Å². The summed E-state index contributed by atoms with van der Waals surface area (Å²) >= 11 is 1.14. The molecule has 2 heterocycles. The molecule has 1 N–H and O–H groups in total. The largest absolute Gasteiger partial charge is 0.461 e. The molecule has 9 heteroatoms. The normalized spacial score (nSPS) is 10.9. The Balaban J connectivity index is 1.52. The first-order chi connectivity index (χ1) is 14.6. The van der Waals surface area contributed by atoms with Gasteiger partial charge in [0.2, 0.25) is 11.7 Å². The van der Waals surface area contributed by atoms with E-state index in [1.807, 2.05) is 34.9 Å². The van der Waals surface area contributed by atoms with Gasteiger partial charge in [-0.3, -0.25) is 9.36 Å². The molecular formula is C21H16F2N4O2S. The maximum absolute atomic E-state index is 13.7. The lowest BCUT2D eigenvalue weighted by molar-refractivity contribution is -0.113. The molecule has 0 saturated carbocycles. The van der Waals surface area contributed by atoms with Crippen LogP contribution in [0, 0.1) is 11.6 Å². The van der Waals surface area contributed by atoms with Crippen LogP contribution in [0.4, 0.5) is 14.5 Å². The lowest BCUT2D eigenvalue weighted by atomic mass is 10.2. The van der Waals surface area contributed by atoms with Crippen LogP contribution >= 0.6 is 11.8 Å². The van der Waals surface area contributed by atoms with Crippen molar-refractivity contribution in [3.05, 3.63) is 84.1 Å². The van der Waals surface area contributed by atoms with Crippen molar-refractivity contribution in [2.45, 2.75) is 11.7 Å². The predicted molar refractivity (Wildman–Crippen MR) is 109 cm³/mol. The third-order valence-corrected chi connectivity index (χ3v) is 5.14. The van der Waals surface area contributed by atoms with Gasteiger partial charge in [-0.15, -0.1) is 10.2 Å². The maximum atomic E-state index is 13.7. The van der Waals surface area contributed by atoms with Crippen molar-refractivity contribution in [3.63, 3.8) is 0 Å². The number of rotatable bonds is 7. The summed E-state index contributed by atoms with van der Waals surface area (Å²) in [6.07, 6.45) is 1.55. The molecule has 30 heavy (non-hydrogen) atoms. The first-order valence-corrected chi connectivity index (χ1v) is 9.97. The van der Waals surface area contributed by atoms with E-state index in [0.29, 0.717) is 23.3 Å². The Morgan fingerprint density at radius 3 is 2.67 bits per heavy atom. The van der Waals surface area contributed by atoms with E-state index in [0.717, 1.165) is 35.5 Å². The predicted octanol–water partition coefficient (Wildman–Crippen LogP) is 4.60. The Bertz CT molecular complexity index is 1150. The molecule has 4 rings (SSSR count). The molecule has 0 atom stereocenters. The van der Waals surface area contributed by atoms with E-state index >= 15 is 0 Å². The molecule has 0 aliphatic heterocycles. The van der Waals surface area contributed by atoms with Gasteiger partial charge in [0, 0.05) is 6.07 Å². The van der Waals surface area contributed by atoms with Gasteiger partial charge < -0.3 is 9.73 Å². The highest BCUT2D eigenvalue weighted by atomic mass is 32.2. The van der Waals surface area contributed by atoms with Crippen molar-refractivity contribution in [1.29, 1.82) is 0 Å². The smallest absolute Gasteiger partial charge is 0.234 e. The van der Waals surface area contributed by atoms with Gasteiger partial charge in [0.25, 0.3) is 0 Å². The fraction of sp³-hybridized carbons (Fsp3) is 0.0952. The zero-order valence-electron chi connectivity index (χ0n) is 15.6. The van der Waals surface area contributed by atoms with Crippen molar-refractivity contribution < 1.29 is 18.0 Å². The molecule has 0 fully saturated rings. The number of amides is 1. The van der Waals surface area contributed by atoms with Gasteiger partial charge >= 0.3 is 0 Å². The number of carbonyl (C=O) groups is 1. The Morgan fingerprint density at radius 1 is 1.07 bits per heavy atom. The Labute approximate surface area is 174 Å². The van der Waals surface area contributed by atoms with E-state index < -0.39 is 17.5 Å².